The quantitative estimate of drug-likeness (QED) is 0.819. The number of amides is 1. The van der Waals surface area contributed by atoms with Crippen LogP contribution in [0.15, 0.2) is 35.5 Å². The van der Waals surface area contributed by atoms with Crippen LogP contribution in [0.5, 0.6) is 0 Å². The summed E-state index contributed by atoms with van der Waals surface area (Å²) in [7, 11) is -2.27. The monoisotopic (exact) mass is 350 g/mol. The second kappa shape index (κ2) is 7.14. The number of sulfonamides is 1. The number of nitrogens with zero attached hydrogens (tertiary/aromatic N) is 2. The number of carbonyl (C=O) groups excluding carboxylic acids is 1. The van der Waals surface area contributed by atoms with Crippen molar-refractivity contribution in [1.29, 1.82) is 0 Å². The fourth-order valence-electron chi connectivity index (χ4n) is 2.39. The van der Waals surface area contributed by atoms with Gasteiger partial charge in [0.25, 0.3) is 5.91 Å². The van der Waals surface area contributed by atoms with Gasteiger partial charge in [0.05, 0.1) is 11.4 Å². The number of nitrogens with one attached hydrogen (secondary N) is 2. The maximum absolute atomic E-state index is 12.5. The van der Waals surface area contributed by atoms with Crippen LogP contribution in [-0.2, 0) is 16.6 Å². The lowest BCUT2D eigenvalue weighted by Gasteiger charge is -2.16. The SMILES string of the molecule is CNS(=O)(=O)c1cc(C(=O)N[C@H](C)Cn2cccn2)cc(C)c1C. The van der Waals surface area contributed by atoms with E-state index in [2.05, 4.69) is 15.1 Å². The number of aryl methyl sites for hydroxylation is 1. The third-order valence-corrected chi connectivity index (χ3v) is 5.38. The van der Waals surface area contributed by atoms with Gasteiger partial charge in [-0.2, -0.15) is 5.10 Å². The van der Waals surface area contributed by atoms with E-state index in [0.29, 0.717) is 17.7 Å². The molecule has 0 bridgehead atoms. The number of hydrogen-bond donors (Lipinski definition) is 2. The molecule has 24 heavy (non-hydrogen) atoms. The number of carbonyl (C=O) groups is 1. The van der Waals surface area contributed by atoms with Crippen molar-refractivity contribution in [1.82, 2.24) is 19.8 Å². The Hall–Kier alpha value is -2.19. The van der Waals surface area contributed by atoms with Gasteiger partial charge in [-0.05, 0) is 57.1 Å². The minimum Gasteiger partial charge on any atom is -0.348 e. The van der Waals surface area contributed by atoms with Gasteiger partial charge in [-0.15, -0.1) is 0 Å². The second-order valence-electron chi connectivity index (χ2n) is 5.73. The molecule has 0 fully saturated rings. The first-order valence-corrected chi connectivity index (χ1v) is 9.06. The molecule has 0 radical (unpaired) electrons. The largest absolute Gasteiger partial charge is 0.348 e. The summed E-state index contributed by atoms with van der Waals surface area (Å²) in [6.45, 7) is 5.91. The van der Waals surface area contributed by atoms with Gasteiger partial charge < -0.3 is 5.32 Å². The number of benzene rings is 1. The Balaban J connectivity index is 2.23. The summed E-state index contributed by atoms with van der Waals surface area (Å²) >= 11 is 0. The van der Waals surface area contributed by atoms with Crippen molar-refractivity contribution >= 4 is 15.9 Å². The fourth-order valence-corrected chi connectivity index (χ4v) is 3.46. The number of aromatic nitrogens is 2. The summed E-state index contributed by atoms with van der Waals surface area (Å²) in [5.41, 5.74) is 1.70. The lowest BCUT2D eigenvalue weighted by atomic mass is 10.1. The van der Waals surface area contributed by atoms with Crippen molar-refractivity contribution in [3.63, 3.8) is 0 Å². The molecule has 0 aliphatic rings. The van der Waals surface area contributed by atoms with E-state index in [9.17, 15) is 13.2 Å². The van der Waals surface area contributed by atoms with Gasteiger partial charge in [0.15, 0.2) is 0 Å². The molecule has 2 aromatic rings. The van der Waals surface area contributed by atoms with E-state index in [0.717, 1.165) is 5.56 Å². The van der Waals surface area contributed by atoms with Crippen molar-refractivity contribution in [2.24, 2.45) is 0 Å². The predicted molar refractivity (Wildman–Crippen MR) is 91.3 cm³/mol. The summed E-state index contributed by atoms with van der Waals surface area (Å²) in [5, 5.41) is 6.96. The molecule has 8 heteroatoms. The number of rotatable bonds is 6. The Morgan fingerprint density at radius 1 is 1.33 bits per heavy atom. The van der Waals surface area contributed by atoms with Crippen LogP contribution in [0.4, 0.5) is 0 Å². The standard InChI is InChI=1S/C16H22N4O3S/c1-11-8-14(9-15(13(11)3)24(22,23)17-4)16(21)19-12(2)10-20-7-5-6-18-20/h5-9,12,17H,10H2,1-4H3,(H,19,21)/t12-/m1/s1. The molecule has 0 unspecified atom stereocenters. The van der Waals surface area contributed by atoms with Crippen LogP contribution in [0.3, 0.4) is 0 Å². The van der Waals surface area contributed by atoms with E-state index < -0.39 is 10.0 Å². The normalized spacial score (nSPS) is 12.8. The zero-order chi connectivity index (χ0) is 17.9. The Morgan fingerprint density at radius 3 is 2.62 bits per heavy atom. The van der Waals surface area contributed by atoms with Gasteiger partial charge >= 0.3 is 0 Å². The van der Waals surface area contributed by atoms with E-state index in [1.54, 1.807) is 30.8 Å². The van der Waals surface area contributed by atoms with Crippen molar-refractivity contribution in [3.8, 4) is 0 Å². The summed E-state index contributed by atoms with van der Waals surface area (Å²) in [4.78, 5) is 12.6. The Morgan fingerprint density at radius 2 is 2.04 bits per heavy atom. The molecule has 0 spiro atoms. The molecule has 0 aliphatic heterocycles. The predicted octanol–water partition coefficient (Wildman–Crippen LogP) is 1.23. The summed E-state index contributed by atoms with van der Waals surface area (Å²) in [6.07, 6.45) is 3.49. The Kier molecular flexibility index (Phi) is 5.40. The molecule has 2 rings (SSSR count). The fraction of sp³-hybridized carbons (Fsp3) is 0.375. The van der Waals surface area contributed by atoms with E-state index in [1.165, 1.54) is 13.1 Å². The zero-order valence-electron chi connectivity index (χ0n) is 14.2. The highest BCUT2D eigenvalue weighted by Gasteiger charge is 2.20. The van der Waals surface area contributed by atoms with E-state index in [-0.39, 0.29) is 16.8 Å². The summed E-state index contributed by atoms with van der Waals surface area (Å²) in [5.74, 6) is -0.315. The molecule has 0 aliphatic carbocycles. The maximum Gasteiger partial charge on any atom is 0.251 e. The maximum atomic E-state index is 12.5. The molecule has 2 N–H and O–H groups in total. The number of hydrogen-bond acceptors (Lipinski definition) is 4. The highest BCUT2D eigenvalue weighted by Crippen LogP contribution is 2.21. The van der Waals surface area contributed by atoms with E-state index >= 15 is 0 Å². The third-order valence-electron chi connectivity index (χ3n) is 3.84. The van der Waals surface area contributed by atoms with Crippen molar-refractivity contribution in [2.75, 3.05) is 7.05 Å². The van der Waals surface area contributed by atoms with Gasteiger partial charge in [0.2, 0.25) is 10.0 Å². The van der Waals surface area contributed by atoms with Crippen LogP contribution in [-0.4, -0.2) is 37.2 Å². The van der Waals surface area contributed by atoms with Crippen LogP contribution in [0.1, 0.15) is 28.4 Å². The van der Waals surface area contributed by atoms with E-state index in [4.69, 9.17) is 0 Å². The van der Waals surface area contributed by atoms with Gasteiger partial charge in [0, 0.05) is 24.0 Å². The van der Waals surface area contributed by atoms with Gasteiger partial charge in [-0.25, -0.2) is 13.1 Å². The molecule has 1 aromatic heterocycles. The van der Waals surface area contributed by atoms with Crippen molar-refractivity contribution < 1.29 is 13.2 Å². The van der Waals surface area contributed by atoms with Gasteiger partial charge in [-0.3, -0.25) is 9.48 Å². The first-order valence-electron chi connectivity index (χ1n) is 7.57. The smallest absolute Gasteiger partial charge is 0.251 e. The average molecular weight is 350 g/mol. The summed E-state index contributed by atoms with van der Waals surface area (Å²) < 4.78 is 28.3. The highest BCUT2D eigenvalue weighted by molar-refractivity contribution is 7.89. The van der Waals surface area contributed by atoms with Crippen molar-refractivity contribution in [2.45, 2.75) is 38.3 Å². The molecule has 1 atom stereocenters. The molecule has 1 heterocycles. The summed E-state index contributed by atoms with van der Waals surface area (Å²) in [6, 6.07) is 4.76. The van der Waals surface area contributed by atoms with Crippen LogP contribution in [0, 0.1) is 13.8 Å². The van der Waals surface area contributed by atoms with Gasteiger partial charge in [-0.1, -0.05) is 0 Å². The lowest BCUT2D eigenvalue weighted by Crippen LogP contribution is -2.36. The van der Waals surface area contributed by atoms with E-state index in [1.807, 2.05) is 19.2 Å². The van der Waals surface area contributed by atoms with Crippen LogP contribution < -0.4 is 10.0 Å². The first-order chi connectivity index (χ1) is 11.2. The molecule has 7 nitrogen and oxygen atoms in total. The molecule has 0 saturated heterocycles. The van der Waals surface area contributed by atoms with Crippen LogP contribution in [0.25, 0.3) is 0 Å². The molecule has 130 valence electrons. The van der Waals surface area contributed by atoms with Gasteiger partial charge in [0.1, 0.15) is 0 Å². The average Bonchev–Trinajstić information content (AvgIpc) is 3.02. The Bertz CT molecular complexity index is 829. The topological polar surface area (TPSA) is 93.1 Å². The first kappa shape index (κ1) is 18.2. The highest BCUT2D eigenvalue weighted by atomic mass is 32.2. The molecule has 0 saturated carbocycles. The second-order valence-corrected chi connectivity index (χ2v) is 7.58. The van der Waals surface area contributed by atoms with Crippen molar-refractivity contribution in [3.05, 3.63) is 47.3 Å². The Labute approximate surface area is 142 Å². The molecule has 1 amide bonds. The minimum atomic E-state index is -3.62. The molecular formula is C16H22N4O3S. The van der Waals surface area contributed by atoms with Crippen LogP contribution in [0.2, 0.25) is 0 Å². The molecule has 1 aromatic carbocycles. The molecular weight excluding hydrogens is 328 g/mol. The third kappa shape index (κ3) is 4.01. The minimum absolute atomic E-state index is 0.120. The zero-order valence-corrected chi connectivity index (χ0v) is 15.0. The van der Waals surface area contributed by atoms with Crippen LogP contribution >= 0.6 is 0 Å². The lowest BCUT2D eigenvalue weighted by molar-refractivity contribution is 0.0935.